The van der Waals surface area contributed by atoms with E-state index >= 15 is 0 Å². The molecule has 0 aromatic heterocycles. The fourth-order valence-corrected chi connectivity index (χ4v) is 3.13. The molecule has 1 aliphatic rings. The van der Waals surface area contributed by atoms with Crippen molar-refractivity contribution in [2.45, 2.75) is 45.1 Å². The Bertz CT molecular complexity index is 358. The molecule has 0 heterocycles. The molecule has 1 atom stereocenters. The molecule has 0 spiro atoms. The molecule has 1 aliphatic carbocycles. The van der Waals surface area contributed by atoms with Crippen LogP contribution in [0.3, 0.4) is 0 Å². The first kappa shape index (κ1) is 13.4. The highest BCUT2D eigenvalue weighted by Crippen LogP contribution is 2.30. The molecule has 0 amide bonds. The normalized spacial score (nSPS) is 16.5. The zero-order chi connectivity index (χ0) is 12.8. The summed E-state index contributed by atoms with van der Waals surface area (Å²) in [4.78, 5) is 0. The largest absolute Gasteiger partial charge is 0.314 e. The second-order valence-corrected chi connectivity index (χ2v) is 5.32. The van der Waals surface area contributed by atoms with Gasteiger partial charge in [0.2, 0.25) is 0 Å². The minimum absolute atomic E-state index is 0.669. The van der Waals surface area contributed by atoms with Crippen molar-refractivity contribution < 1.29 is 0 Å². The maximum absolute atomic E-state index is 3.81. The Morgan fingerprint density at radius 2 is 2.00 bits per heavy atom. The van der Waals surface area contributed by atoms with E-state index < -0.39 is 0 Å². The van der Waals surface area contributed by atoms with E-state index in [4.69, 9.17) is 0 Å². The van der Waals surface area contributed by atoms with Gasteiger partial charge in [-0.3, -0.25) is 0 Å². The second kappa shape index (κ2) is 6.75. The van der Waals surface area contributed by atoms with Crippen molar-refractivity contribution in [2.75, 3.05) is 6.54 Å². The van der Waals surface area contributed by atoms with Crippen molar-refractivity contribution in [3.05, 3.63) is 48.0 Å². The van der Waals surface area contributed by atoms with Gasteiger partial charge in [0.15, 0.2) is 0 Å². The van der Waals surface area contributed by atoms with E-state index in [1.807, 2.05) is 6.08 Å². The van der Waals surface area contributed by atoms with Gasteiger partial charge in [-0.2, -0.15) is 0 Å². The van der Waals surface area contributed by atoms with Crippen LogP contribution in [0, 0.1) is 5.92 Å². The molecule has 1 nitrogen and oxygen atoms in total. The van der Waals surface area contributed by atoms with Crippen molar-refractivity contribution in [3.8, 4) is 0 Å². The molecule has 1 heteroatoms. The molecule has 1 aromatic carbocycles. The summed E-state index contributed by atoms with van der Waals surface area (Å²) in [7, 11) is 0. The number of unbranched alkanes of at least 4 members (excludes halogenated alkanes) is 1. The topological polar surface area (TPSA) is 12.0 Å². The maximum Gasteiger partial charge on any atom is 0.0102 e. The number of hydrogen-bond donors (Lipinski definition) is 1. The zero-order valence-electron chi connectivity index (χ0n) is 11.5. The van der Waals surface area contributed by atoms with Gasteiger partial charge in [-0.25, -0.2) is 0 Å². The van der Waals surface area contributed by atoms with Crippen LogP contribution in [0.5, 0.6) is 0 Å². The number of rotatable bonds is 7. The average Bonchev–Trinajstić information content (AvgIpc) is 2.81. The molecule has 0 fully saturated rings. The quantitative estimate of drug-likeness (QED) is 0.568. The molecule has 0 saturated carbocycles. The molecular weight excluding hydrogens is 218 g/mol. The van der Waals surface area contributed by atoms with Gasteiger partial charge in [-0.05, 0) is 55.7 Å². The minimum Gasteiger partial charge on any atom is -0.314 e. The Balaban J connectivity index is 1.94. The Labute approximate surface area is 111 Å². The van der Waals surface area contributed by atoms with Crippen molar-refractivity contribution in [1.82, 2.24) is 5.32 Å². The van der Waals surface area contributed by atoms with Crippen LogP contribution >= 0.6 is 0 Å². The summed E-state index contributed by atoms with van der Waals surface area (Å²) >= 11 is 0. The van der Waals surface area contributed by atoms with Crippen molar-refractivity contribution in [2.24, 2.45) is 5.92 Å². The summed E-state index contributed by atoms with van der Waals surface area (Å²) in [5.74, 6) is 0.784. The van der Waals surface area contributed by atoms with Crippen LogP contribution in [0.2, 0.25) is 0 Å². The van der Waals surface area contributed by atoms with Crippen molar-refractivity contribution >= 4 is 0 Å². The van der Waals surface area contributed by atoms with E-state index in [0.717, 1.165) is 18.9 Å². The predicted octanol–water partition coefficient (Wildman–Crippen LogP) is 3.74. The van der Waals surface area contributed by atoms with Gasteiger partial charge in [-0.15, -0.1) is 6.58 Å². The summed E-state index contributed by atoms with van der Waals surface area (Å²) in [5, 5.41) is 3.68. The van der Waals surface area contributed by atoms with Crippen LogP contribution in [0.15, 0.2) is 36.9 Å². The zero-order valence-corrected chi connectivity index (χ0v) is 11.5. The smallest absolute Gasteiger partial charge is 0.0102 e. The molecule has 1 unspecified atom stereocenters. The Hall–Kier alpha value is -1.08. The maximum atomic E-state index is 3.81. The van der Waals surface area contributed by atoms with Crippen LogP contribution in [0.25, 0.3) is 0 Å². The average molecular weight is 243 g/mol. The minimum atomic E-state index is 0.669. The molecular formula is C17H25N. The van der Waals surface area contributed by atoms with E-state index in [-0.39, 0.29) is 0 Å². The SMILES string of the molecule is C=CCCCC(NCC)C1Cc2ccccc2C1. The Morgan fingerprint density at radius 1 is 1.33 bits per heavy atom. The Morgan fingerprint density at radius 3 is 2.56 bits per heavy atom. The highest BCUT2D eigenvalue weighted by molar-refractivity contribution is 5.32. The molecule has 2 rings (SSSR count). The van der Waals surface area contributed by atoms with E-state index in [9.17, 15) is 0 Å². The van der Waals surface area contributed by atoms with Crippen LogP contribution in [-0.4, -0.2) is 12.6 Å². The predicted molar refractivity (Wildman–Crippen MR) is 78.9 cm³/mol. The van der Waals surface area contributed by atoms with Gasteiger partial charge >= 0.3 is 0 Å². The van der Waals surface area contributed by atoms with Gasteiger partial charge in [0, 0.05) is 6.04 Å². The van der Waals surface area contributed by atoms with Crippen LogP contribution in [0.1, 0.15) is 37.3 Å². The third-order valence-corrected chi connectivity index (χ3v) is 4.04. The number of nitrogens with one attached hydrogen (secondary N) is 1. The number of benzene rings is 1. The lowest BCUT2D eigenvalue weighted by atomic mass is 9.92. The Kier molecular flexibility index (Phi) is 5.00. The monoisotopic (exact) mass is 243 g/mol. The summed E-state index contributed by atoms with van der Waals surface area (Å²) in [6.45, 7) is 7.10. The summed E-state index contributed by atoms with van der Waals surface area (Å²) in [5.41, 5.74) is 3.13. The van der Waals surface area contributed by atoms with Crippen molar-refractivity contribution in [1.29, 1.82) is 0 Å². The van der Waals surface area contributed by atoms with Crippen LogP contribution in [-0.2, 0) is 12.8 Å². The molecule has 18 heavy (non-hydrogen) atoms. The van der Waals surface area contributed by atoms with E-state index in [2.05, 4.69) is 43.1 Å². The van der Waals surface area contributed by atoms with Gasteiger partial charge in [0.1, 0.15) is 0 Å². The summed E-state index contributed by atoms with van der Waals surface area (Å²) in [6, 6.07) is 9.59. The number of hydrogen-bond acceptors (Lipinski definition) is 1. The molecule has 0 saturated heterocycles. The first-order chi connectivity index (χ1) is 8.85. The molecule has 98 valence electrons. The van der Waals surface area contributed by atoms with Crippen molar-refractivity contribution in [3.63, 3.8) is 0 Å². The van der Waals surface area contributed by atoms with Crippen LogP contribution in [0.4, 0.5) is 0 Å². The van der Waals surface area contributed by atoms with E-state index in [1.165, 1.54) is 25.7 Å². The molecule has 0 aliphatic heterocycles. The van der Waals surface area contributed by atoms with Gasteiger partial charge < -0.3 is 5.32 Å². The summed E-state index contributed by atoms with van der Waals surface area (Å²) < 4.78 is 0. The first-order valence-corrected chi connectivity index (χ1v) is 7.26. The molecule has 1 N–H and O–H groups in total. The standard InChI is InChI=1S/C17H25N/c1-3-5-6-11-17(18-4-2)16-12-14-9-7-8-10-15(14)13-16/h3,7-10,16-18H,1,4-6,11-13H2,2H3. The highest BCUT2D eigenvalue weighted by atomic mass is 14.9. The van der Waals surface area contributed by atoms with Crippen LogP contribution < -0.4 is 5.32 Å². The lowest BCUT2D eigenvalue weighted by molar-refractivity contribution is 0.345. The van der Waals surface area contributed by atoms with Gasteiger partial charge in [0.25, 0.3) is 0 Å². The second-order valence-electron chi connectivity index (χ2n) is 5.32. The summed E-state index contributed by atoms with van der Waals surface area (Å²) in [6.07, 6.45) is 8.21. The molecule has 0 bridgehead atoms. The third kappa shape index (κ3) is 3.23. The highest BCUT2D eigenvalue weighted by Gasteiger charge is 2.27. The van der Waals surface area contributed by atoms with Gasteiger partial charge in [0.05, 0.1) is 0 Å². The lowest BCUT2D eigenvalue weighted by Crippen LogP contribution is -2.36. The number of fused-ring (bicyclic) bond motifs is 1. The lowest BCUT2D eigenvalue weighted by Gasteiger charge is -2.24. The number of allylic oxidation sites excluding steroid dienone is 1. The fourth-order valence-electron chi connectivity index (χ4n) is 3.13. The third-order valence-electron chi connectivity index (χ3n) is 4.04. The fraction of sp³-hybridized carbons (Fsp3) is 0.529. The molecule has 1 aromatic rings. The van der Waals surface area contributed by atoms with E-state index in [1.54, 1.807) is 11.1 Å². The molecule has 0 radical (unpaired) electrons. The van der Waals surface area contributed by atoms with Gasteiger partial charge in [-0.1, -0.05) is 37.3 Å². The van der Waals surface area contributed by atoms with E-state index in [0.29, 0.717) is 6.04 Å². The first-order valence-electron chi connectivity index (χ1n) is 7.26.